The van der Waals surface area contributed by atoms with Crippen LogP contribution in [0, 0.1) is 10.1 Å². The van der Waals surface area contributed by atoms with Crippen LogP contribution in [-0.4, -0.2) is 98.4 Å². The second kappa shape index (κ2) is 16.6. The Morgan fingerprint density at radius 1 is 1.07 bits per heavy atom. The maximum absolute atomic E-state index is 13.4. The van der Waals surface area contributed by atoms with E-state index in [1.165, 1.54) is 24.3 Å². The van der Waals surface area contributed by atoms with Crippen molar-refractivity contribution in [3.63, 3.8) is 0 Å². The molecule has 1 heterocycles. The Labute approximate surface area is 263 Å². The van der Waals surface area contributed by atoms with E-state index >= 15 is 0 Å². The number of nitrogens with one attached hydrogen (secondary N) is 1. The molecule has 2 rings (SSSR count). The zero-order valence-corrected chi connectivity index (χ0v) is 27.1. The molecule has 0 saturated carbocycles. The van der Waals surface area contributed by atoms with Gasteiger partial charge in [-0.1, -0.05) is 0 Å². The number of non-ortho nitro benzene ring substituents is 1. The number of benzene rings is 1. The minimum absolute atomic E-state index is 0.208. The fourth-order valence-electron chi connectivity index (χ4n) is 4.53. The predicted molar refractivity (Wildman–Crippen MR) is 153 cm³/mol. The van der Waals surface area contributed by atoms with Crippen LogP contribution in [0.25, 0.3) is 0 Å². The largest absolute Gasteiger partial charge is 0.465 e. The molecule has 7 atom stereocenters. The minimum atomic E-state index is -3.93. The lowest BCUT2D eigenvalue weighted by molar-refractivity contribution is -0.384. The number of nitro groups is 1. The summed E-state index contributed by atoms with van der Waals surface area (Å²) in [4.78, 5) is 72.7. The van der Waals surface area contributed by atoms with Crippen LogP contribution >= 0.6 is 7.60 Å². The number of methoxy groups -OCH3 is 1. The molecule has 256 valence electrons. The van der Waals surface area contributed by atoms with Crippen LogP contribution in [0.3, 0.4) is 0 Å². The van der Waals surface area contributed by atoms with Crippen LogP contribution in [0.1, 0.15) is 39.7 Å². The van der Waals surface area contributed by atoms with Crippen molar-refractivity contribution in [2.75, 3.05) is 27.5 Å². The number of nitro benzene ring substituents is 1. The van der Waals surface area contributed by atoms with E-state index in [2.05, 4.69) is 5.32 Å². The normalized spacial score (nSPS) is 23.5. The summed E-state index contributed by atoms with van der Waals surface area (Å²) in [5.41, 5.74) is 0.141. The molecule has 1 N–H and O–H groups in total. The molecule has 18 nitrogen and oxygen atoms in total. The quantitative estimate of drug-likeness (QED) is 0.0913. The Kier molecular flexibility index (Phi) is 13.8. The molecule has 1 fully saturated rings. The third-order valence-corrected chi connectivity index (χ3v) is 7.77. The number of hydrogen-bond donors (Lipinski definition) is 1. The summed E-state index contributed by atoms with van der Waals surface area (Å²) >= 11 is 0. The average molecular weight is 677 g/mol. The molecule has 1 aliphatic heterocycles. The van der Waals surface area contributed by atoms with Gasteiger partial charge in [0, 0.05) is 53.6 Å². The number of hydrogen-bond acceptors (Lipinski definition) is 16. The monoisotopic (exact) mass is 676 g/mol. The van der Waals surface area contributed by atoms with Crippen molar-refractivity contribution in [1.29, 1.82) is 0 Å². The van der Waals surface area contributed by atoms with Crippen LogP contribution in [-0.2, 0) is 72.6 Å². The molecule has 0 aliphatic carbocycles. The van der Waals surface area contributed by atoms with Crippen molar-refractivity contribution < 1.29 is 70.9 Å². The van der Waals surface area contributed by atoms with E-state index in [1.54, 1.807) is 0 Å². The van der Waals surface area contributed by atoms with Crippen LogP contribution in [0.5, 0.6) is 0 Å². The Balaban J connectivity index is 2.75. The Morgan fingerprint density at radius 3 is 2.17 bits per heavy atom. The summed E-state index contributed by atoms with van der Waals surface area (Å²) in [5.74, 6) is -6.82. The van der Waals surface area contributed by atoms with Gasteiger partial charge in [0.2, 0.25) is 5.91 Å². The van der Waals surface area contributed by atoms with Crippen LogP contribution in [0.15, 0.2) is 24.3 Å². The second-order valence-corrected chi connectivity index (χ2v) is 12.2. The van der Waals surface area contributed by atoms with Gasteiger partial charge in [-0.05, 0) is 17.7 Å². The van der Waals surface area contributed by atoms with Gasteiger partial charge in [-0.3, -0.25) is 38.4 Å². The third kappa shape index (κ3) is 10.8. The number of ether oxygens (including phenoxy) is 6. The summed E-state index contributed by atoms with van der Waals surface area (Å²) in [6, 6.07) is 3.75. The molecule has 1 aromatic carbocycles. The maximum atomic E-state index is 13.4. The van der Waals surface area contributed by atoms with Crippen molar-refractivity contribution in [2.24, 2.45) is 0 Å². The molecule has 1 amide bonds. The van der Waals surface area contributed by atoms with Gasteiger partial charge in [0.05, 0.1) is 31.1 Å². The van der Waals surface area contributed by atoms with E-state index in [0.29, 0.717) is 5.56 Å². The van der Waals surface area contributed by atoms with Crippen LogP contribution in [0.4, 0.5) is 5.69 Å². The van der Waals surface area contributed by atoms with Gasteiger partial charge in [0.15, 0.2) is 6.10 Å². The first-order chi connectivity index (χ1) is 21.4. The Morgan fingerprint density at radius 2 is 1.70 bits per heavy atom. The lowest BCUT2D eigenvalue weighted by Crippen LogP contribution is -2.69. The van der Waals surface area contributed by atoms with E-state index in [1.807, 2.05) is 0 Å². The van der Waals surface area contributed by atoms with Gasteiger partial charge in [-0.25, -0.2) is 4.79 Å². The molecular weight excluding hydrogens is 639 g/mol. The number of amides is 1. The number of nitrogens with zero attached hydrogens (tertiary/aromatic N) is 1. The van der Waals surface area contributed by atoms with Gasteiger partial charge in [0.25, 0.3) is 11.5 Å². The molecule has 0 aromatic heterocycles. The van der Waals surface area contributed by atoms with E-state index in [4.69, 9.17) is 37.5 Å². The topological polar surface area (TPSA) is 231 Å². The summed E-state index contributed by atoms with van der Waals surface area (Å²) < 4.78 is 56.7. The smallest absolute Gasteiger partial charge is 0.366 e. The first-order valence-corrected chi connectivity index (χ1v) is 15.6. The van der Waals surface area contributed by atoms with Crippen molar-refractivity contribution in [2.45, 2.75) is 77.0 Å². The molecule has 0 radical (unpaired) electrons. The highest BCUT2D eigenvalue weighted by atomic mass is 31.2. The number of carbonyl (C=O) groups is 5. The molecule has 1 saturated heterocycles. The summed E-state index contributed by atoms with van der Waals surface area (Å²) in [6.45, 7) is 4.27. The fraction of sp³-hybridized carbons (Fsp3) is 0.593. The molecule has 19 heteroatoms. The van der Waals surface area contributed by atoms with Gasteiger partial charge in [0.1, 0.15) is 24.9 Å². The standard InChI is InChI=1S/C27H37N2O16P/c1-15(30)28-23-21(42-17(3)32)12-27(26(34)38-5,41-13-19-8-10-20(11-9-19)29(35)36)44-25(23)24(43-18(4)33)22(14-40-16(2)31)45-46(7,37)39-6/h8-11,21-25H,12-14H2,1-7H3,(H,28,30)/t21-,22+,23+,24+,25+,27+,46?/m0/s1. The Hall–Kier alpha value is -3.96. The zero-order valence-electron chi connectivity index (χ0n) is 26.2. The van der Waals surface area contributed by atoms with Crippen LogP contribution in [0.2, 0.25) is 0 Å². The summed E-state index contributed by atoms with van der Waals surface area (Å²) in [5, 5.41) is 13.6. The lowest BCUT2D eigenvalue weighted by Gasteiger charge is -2.48. The first kappa shape index (κ1) is 38.2. The van der Waals surface area contributed by atoms with Crippen molar-refractivity contribution in [1.82, 2.24) is 5.32 Å². The highest BCUT2D eigenvalue weighted by molar-refractivity contribution is 7.52. The molecule has 0 bridgehead atoms. The maximum Gasteiger partial charge on any atom is 0.366 e. The third-order valence-electron chi connectivity index (χ3n) is 6.46. The highest BCUT2D eigenvalue weighted by Crippen LogP contribution is 2.46. The molecule has 1 unspecified atom stereocenters. The molecule has 0 spiro atoms. The van der Waals surface area contributed by atoms with E-state index in [-0.39, 0.29) is 5.69 Å². The lowest BCUT2D eigenvalue weighted by atomic mass is 9.88. The predicted octanol–water partition coefficient (Wildman–Crippen LogP) is 1.56. The molecule has 1 aliphatic rings. The Bertz CT molecular complexity index is 1340. The fourth-order valence-corrected chi connectivity index (χ4v) is 5.29. The van der Waals surface area contributed by atoms with Crippen molar-refractivity contribution >= 4 is 43.1 Å². The number of carbonyl (C=O) groups excluding carboxylic acids is 5. The van der Waals surface area contributed by atoms with Crippen LogP contribution < -0.4 is 5.32 Å². The molecule has 1 aromatic rings. The highest BCUT2D eigenvalue weighted by Gasteiger charge is 2.59. The molecular formula is C27H37N2O16P. The summed E-state index contributed by atoms with van der Waals surface area (Å²) in [7, 11) is -1.84. The minimum Gasteiger partial charge on any atom is -0.465 e. The summed E-state index contributed by atoms with van der Waals surface area (Å²) in [6.07, 6.45) is -7.06. The SMILES string of the molecule is COC(=O)[C@@]1(OCc2ccc([N+](=O)[O-])cc2)C[C@H](OC(C)=O)[C@@H](NC(C)=O)[C@H]([C@H](OC(C)=O)[C@@H](COC(C)=O)OP(C)(=O)OC)O1. The second-order valence-electron chi connectivity index (χ2n) is 10.1. The molecule has 46 heavy (non-hydrogen) atoms. The van der Waals surface area contributed by atoms with Gasteiger partial charge in [-0.2, -0.15) is 0 Å². The average Bonchev–Trinajstić information content (AvgIpc) is 2.97. The van der Waals surface area contributed by atoms with E-state index in [9.17, 15) is 38.7 Å². The van der Waals surface area contributed by atoms with Gasteiger partial charge < -0.3 is 38.3 Å². The van der Waals surface area contributed by atoms with Crippen molar-refractivity contribution in [3.8, 4) is 0 Å². The van der Waals surface area contributed by atoms with Crippen molar-refractivity contribution in [3.05, 3.63) is 39.9 Å². The first-order valence-electron chi connectivity index (χ1n) is 13.6. The number of rotatable bonds is 15. The van der Waals surface area contributed by atoms with Gasteiger partial charge in [-0.15, -0.1) is 0 Å². The van der Waals surface area contributed by atoms with Gasteiger partial charge >= 0.3 is 31.5 Å². The number of esters is 4. The van der Waals surface area contributed by atoms with E-state index < -0.39 is 98.2 Å². The van der Waals surface area contributed by atoms with E-state index in [0.717, 1.165) is 48.6 Å². The zero-order chi connectivity index (χ0) is 34.8.